The fourth-order valence-electron chi connectivity index (χ4n) is 4.07. The van der Waals surface area contributed by atoms with Gasteiger partial charge in [0.2, 0.25) is 11.8 Å². The van der Waals surface area contributed by atoms with Crippen molar-refractivity contribution in [3.05, 3.63) is 77.4 Å². The van der Waals surface area contributed by atoms with Gasteiger partial charge in [0.05, 0.1) is 23.0 Å². The first kappa shape index (κ1) is 20.4. The summed E-state index contributed by atoms with van der Waals surface area (Å²) in [6.07, 6.45) is 3.65. The van der Waals surface area contributed by atoms with Crippen LogP contribution in [-0.4, -0.2) is 39.9 Å². The van der Waals surface area contributed by atoms with E-state index in [1.165, 1.54) is 4.70 Å². The Labute approximate surface area is 189 Å². The highest BCUT2D eigenvalue weighted by atomic mass is 32.1. The molecule has 2 heterocycles. The first-order chi connectivity index (χ1) is 15.6. The number of carbonyl (C=O) groups excluding carboxylic acids is 2. The lowest BCUT2D eigenvalue weighted by Crippen LogP contribution is -2.50. The van der Waals surface area contributed by atoms with E-state index >= 15 is 0 Å². The van der Waals surface area contributed by atoms with Gasteiger partial charge in [-0.25, -0.2) is 4.68 Å². The van der Waals surface area contributed by atoms with Crippen molar-refractivity contribution in [2.75, 3.05) is 7.05 Å². The monoisotopic (exact) mass is 445 g/mol. The van der Waals surface area contributed by atoms with Gasteiger partial charge in [-0.2, -0.15) is 0 Å². The van der Waals surface area contributed by atoms with Gasteiger partial charge in [0, 0.05) is 28.9 Å². The molecule has 0 bridgehead atoms. The lowest BCUT2D eigenvalue weighted by molar-refractivity contribution is -0.130. The molecule has 32 heavy (non-hydrogen) atoms. The highest BCUT2D eigenvalue weighted by molar-refractivity contribution is 7.17. The Morgan fingerprint density at radius 1 is 1.12 bits per heavy atom. The molecule has 162 valence electrons. The van der Waals surface area contributed by atoms with Gasteiger partial charge in [-0.15, -0.1) is 16.4 Å². The van der Waals surface area contributed by atoms with E-state index in [1.807, 2.05) is 54.0 Å². The number of likely N-dealkylation sites (N-methyl/N-ethyl adjacent to an activating group) is 1. The van der Waals surface area contributed by atoms with Crippen molar-refractivity contribution in [2.24, 2.45) is 0 Å². The Bertz CT molecular complexity index is 1280. The van der Waals surface area contributed by atoms with E-state index in [2.05, 4.69) is 33.1 Å². The van der Waals surface area contributed by atoms with Gasteiger partial charge in [-0.1, -0.05) is 53.7 Å². The Kier molecular flexibility index (Phi) is 5.22. The van der Waals surface area contributed by atoms with E-state index in [4.69, 9.17) is 0 Å². The molecule has 1 aliphatic carbocycles. The first-order valence-corrected chi connectivity index (χ1v) is 11.4. The number of aromatic nitrogens is 3. The van der Waals surface area contributed by atoms with Crippen molar-refractivity contribution < 1.29 is 9.59 Å². The zero-order valence-corrected chi connectivity index (χ0v) is 18.4. The zero-order chi connectivity index (χ0) is 22.1. The lowest BCUT2D eigenvalue weighted by Gasteiger charge is -2.21. The Morgan fingerprint density at radius 2 is 1.88 bits per heavy atom. The zero-order valence-electron chi connectivity index (χ0n) is 17.6. The van der Waals surface area contributed by atoms with E-state index in [9.17, 15) is 9.59 Å². The molecular formula is C24H23N5O2S. The Hall–Kier alpha value is -3.52. The van der Waals surface area contributed by atoms with Gasteiger partial charge in [0.1, 0.15) is 6.04 Å². The molecule has 2 N–H and O–H groups in total. The quantitative estimate of drug-likeness (QED) is 0.458. The van der Waals surface area contributed by atoms with E-state index in [0.717, 1.165) is 29.5 Å². The van der Waals surface area contributed by atoms with Crippen molar-refractivity contribution in [3.63, 3.8) is 0 Å². The summed E-state index contributed by atoms with van der Waals surface area (Å²) in [6.45, 7) is 0. The summed E-state index contributed by atoms with van der Waals surface area (Å²) in [5, 5.41) is 17.3. The molecule has 1 aliphatic rings. The van der Waals surface area contributed by atoms with Crippen molar-refractivity contribution >= 4 is 33.2 Å². The molecule has 5 rings (SSSR count). The molecular weight excluding hydrogens is 422 g/mol. The SMILES string of the molecule is CNC(=O)C(Cc1cn(-c2csc3ccccc23)nn1)NC(=O)C1(c2ccccc2)CC1. The molecule has 0 aliphatic heterocycles. The second-order valence-corrected chi connectivity index (χ2v) is 8.98. The van der Waals surface area contributed by atoms with Crippen LogP contribution in [0, 0.1) is 0 Å². The molecule has 0 radical (unpaired) electrons. The predicted octanol–water partition coefficient (Wildman–Crippen LogP) is 2.99. The van der Waals surface area contributed by atoms with Crippen molar-refractivity contribution in [1.82, 2.24) is 25.6 Å². The second-order valence-electron chi connectivity index (χ2n) is 8.06. The summed E-state index contributed by atoms with van der Waals surface area (Å²) in [4.78, 5) is 25.7. The third-order valence-corrected chi connectivity index (χ3v) is 6.99. The third-order valence-electron chi connectivity index (χ3n) is 6.04. The molecule has 2 aromatic heterocycles. The Morgan fingerprint density at radius 3 is 2.62 bits per heavy atom. The molecule has 1 saturated carbocycles. The Balaban J connectivity index is 1.35. The molecule has 2 aromatic carbocycles. The summed E-state index contributed by atoms with van der Waals surface area (Å²) in [5.74, 6) is -0.369. The maximum atomic E-state index is 13.2. The highest BCUT2D eigenvalue weighted by Crippen LogP contribution is 2.48. The van der Waals surface area contributed by atoms with Crippen LogP contribution >= 0.6 is 11.3 Å². The molecule has 1 fully saturated rings. The number of benzene rings is 2. The smallest absolute Gasteiger partial charge is 0.242 e. The van der Waals surface area contributed by atoms with Crippen LogP contribution in [-0.2, 0) is 21.4 Å². The molecule has 0 spiro atoms. The van der Waals surface area contributed by atoms with E-state index < -0.39 is 11.5 Å². The van der Waals surface area contributed by atoms with Crippen LogP contribution in [0.1, 0.15) is 24.1 Å². The summed E-state index contributed by atoms with van der Waals surface area (Å²) in [7, 11) is 1.57. The fraction of sp³-hybridized carbons (Fsp3) is 0.250. The van der Waals surface area contributed by atoms with Gasteiger partial charge >= 0.3 is 0 Å². The number of carbonyl (C=O) groups is 2. The molecule has 1 atom stereocenters. The van der Waals surface area contributed by atoms with Crippen LogP contribution in [0.4, 0.5) is 0 Å². The maximum Gasteiger partial charge on any atom is 0.242 e. The number of nitrogens with zero attached hydrogens (tertiary/aromatic N) is 3. The molecule has 4 aromatic rings. The number of amides is 2. The van der Waals surface area contributed by atoms with Crippen LogP contribution in [0.2, 0.25) is 0 Å². The van der Waals surface area contributed by atoms with Gasteiger partial charge in [-0.05, 0) is 24.5 Å². The average molecular weight is 446 g/mol. The standard InChI is InChI=1S/C24H23N5O2S/c1-25-22(30)19(26-23(31)24(11-12-24)16-7-3-2-4-8-16)13-17-14-29(28-27-17)20-15-32-21-10-6-5-9-18(20)21/h2-10,14-15,19H,11-13H2,1H3,(H,25,30)(H,26,31). The minimum absolute atomic E-state index is 0.117. The van der Waals surface area contributed by atoms with E-state index in [0.29, 0.717) is 5.69 Å². The van der Waals surface area contributed by atoms with Crippen LogP contribution < -0.4 is 10.6 Å². The summed E-state index contributed by atoms with van der Waals surface area (Å²) in [6, 6.07) is 17.1. The average Bonchev–Trinajstić information content (AvgIpc) is 3.34. The van der Waals surface area contributed by atoms with Crippen molar-refractivity contribution in [1.29, 1.82) is 0 Å². The summed E-state index contributed by atoms with van der Waals surface area (Å²) >= 11 is 1.65. The summed E-state index contributed by atoms with van der Waals surface area (Å²) in [5.41, 5.74) is 2.04. The summed E-state index contributed by atoms with van der Waals surface area (Å²) < 4.78 is 2.90. The third kappa shape index (κ3) is 3.67. The number of hydrogen-bond donors (Lipinski definition) is 2. The van der Waals surface area contributed by atoms with E-state index in [1.54, 1.807) is 23.1 Å². The fourth-order valence-corrected chi connectivity index (χ4v) is 5.00. The minimum Gasteiger partial charge on any atom is -0.357 e. The molecule has 1 unspecified atom stereocenters. The highest BCUT2D eigenvalue weighted by Gasteiger charge is 2.51. The number of thiophene rings is 1. The van der Waals surface area contributed by atoms with Crippen molar-refractivity contribution in [3.8, 4) is 5.69 Å². The molecule has 8 heteroatoms. The molecule has 0 saturated heterocycles. The number of fused-ring (bicyclic) bond motifs is 1. The largest absolute Gasteiger partial charge is 0.357 e. The van der Waals surface area contributed by atoms with Gasteiger partial charge in [0.15, 0.2) is 0 Å². The minimum atomic E-state index is -0.724. The number of rotatable bonds is 7. The topological polar surface area (TPSA) is 88.9 Å². The van der Waals surface area contributed by atoms with Crippen LogP contribution in [0.3, 0.4) is 0 Å². The normalized spacial score (nSPS) is 15.3. The van der Waals surface area contributed by atoms with Gasteiger partial charge in [-0.3, -0.25) is 9.59 Å². The van der Waals surface area contributed by atoms with Crippen LogP contribution in [0.15, 0.2) is 66.2 Å². The van der Waals surface area contributed by atoms with Crippen LogP contribution in [0.5, 0.6) is 0 Å². The first-order valence-electron chi connectivity index (χ1n) is 10.6. The van der Waals surface area contributed by atoms with Crippen LogP contribution in [0.25, 0.3) is 15.8 Å². The van der Waals surface area contributed by atoms with Gasteiger partial charge in [0.25, 0.3) is 0 Å². The maximum absolute atomic E-state index is 13.2. The van der Waals surface area contributed by atoms with Gasteiger partial charge < -0.3 is 10.6 Å². The number of nitrogens with one attached hydrogen (secondary N) is 2. The second kappa shape index (κ2) is 8.20. The predicted molar refractivity (Wildman–Crippen MR) is 124 cm³/mol. The number of hydrogen-bond acceptors (Lipinski definition) is 5. The van der Waals surface area contributed by atoms with Crippen molar-refractivity contribution in [2.45, 2.75) is 30.7 Å². The lowest BCUT2D eigenvalue weighted by atomic mass is 9.94. The molecule has 2 amide bonds. The van der Waals surface area contributed by atoms with E-state index in [-0.39, 0.29) is 18.2 Å². The molecule has 7 nitrogen and oxygen atoms in total.